The molecule has 5 nitrogen and oxygen atoms in total. The predicted molar refractivity (Wildman–Crippen MR) is 74.2 cm³/mol. The summed E-state index contributed by atoms with van der Waals surface area (Å²) in [4.78, 5) is 14.2. The minimum Gasteiger partial charge on any atom is -0.423 e. The molecular weight excluding hydrogens is 243 g/mol. The van der Waals surface area contributed by atoms with Crippen LogP contribution in [-0.4, -0.2) is 53.1 Å². The largest absolute Gasteiger partial charge is 0.488 e. The Balaban J connectivity index is 2.10. The van der Waals surface area contributed by atoms with Crippen LogP contribution in [-0.2, 0) is 0 Å². The number of hydrogen-bond donors (Lipinski definition) is 3. The van der Waals surface area contributed by atoms with Gasteiger partial charge in [-0.3, -0.25) is 4.79 Å². The molecule has 0 aliphatic carbocycles. The molecule has 19 heavy (non-hydrogen) atoms. The second-order valence-electron chi connectivity index (χ2n) is 5.17. The van der Waals surface area contributed by atoms with E-state index in [4.69, 9.17) is 10.0 Å². The third-order valence-electron chi connectivity index (χ3n) is 3.30. The van der Waals surface area contributed by atoms with Gasteiger partial charge in [0.25, 0.3) is 5.91 Å². The Morgan fingerprint density at radius 2 is 1.74 bits per heavy atom. The van der Waals surface area contributed by atoms with Crippen molar-refractivity contribution in [2.75, 3.05) is 13.1 Å². The molecule has 3 N–H and O–H groups in total. The summed E-state index contributed by atoms with van der Waals surface area (Å²) >= 11 is 0. The molecule has 1 aromatic rings. The smallest absolute Gasteiger partial charge is 0.423 e. The Morgan fingerprint density at radius 1 is 1.21 bits per heavy atom. The van der Waals surface area contributed by atoms with E-state index < -0.39 is 7.12 Å². The maximum atomic E-state index is 12.3. The van der Waals surface area contributed by atoms with Crippen LogP contribution in [0.4, 0.5) is 0 Å². The van der Waals surface area contributed by atoms with E-state index in [1.54, 1.807) is 24.3 Å². The van der Waals surface area contributed by atoms with Gasteiger partial charge in [0.15, 0.2) is 0 Å². The number of nitrogens with one attached hydrogen (secondary N) is 1. The number of piperazine rings is 1. The molecule has 0 aromatic heterocycles. The van der Waals surface area contributed by atoms with Crippen LogP contribution in [0.3, 0.4) is 0 Å². The zero-order valence-corrected chi connectivity index (χ0v) is 11.2. The summed E-state index contributed by atoms with van der Waals surface area (Å²) in [6, 6.07) is 6.96. The van der Waals surface area contributed by atoms with E-state index in [1.165, 1.54) is 0 Å². The number of nitrogens with zero attached hydrogens (tertiary/aromatic N) is 1. The molecule has 102 valence electrons. The summed E-state index contributed by atoms with van der Waals surface area (Å²) in [7, 11) is -1.50. The number of carbonyl (C=O) groups is 1. The van der Waals surface area contributed by atoms with Crippen LogP contribution in [0.5, 0.6) is 0 Å². The van der Waals surface area contributed by atoms with E-state index >= 15 is 0 Å². The van der Waals surface area contributed by atoms with Crippen molar-refractivity contribution in [2.24, 2.45) is 0 Å². The molecule has 2 rings (SSSR count). The highest BCUT2D eigenvalue weighted by atomic mass is 16.4. The van der Waals surface area contributed by atoms with Gasteiger partial charge in [-0.05, 0) is 31.4 Å². The van der Waals surface area contributed by atoms with Crippen molar-refractivity contribution < 1.29 is 14.8 Å². The van der Waals surface area contributed by atoms with Crippen molar-refractivity contribution in [1.82, 2.24) is 10.2 Å². The van der Waals surface area contributed by atoms with Gasteiger partial charge in [-0.15, -0.1) is 0 Å². The quantitative estimate of drug-likeness (QED) is 0.609. The standard InChI is InChI=1S/C13H19BN2O3/c1-9-7-16(8-10(2)15-9)13(17)11-3-5-12(6-4-11)14(18)19/h3-6,9-10,15,18-19H,7-8H2,1-2H3. The monoisotopic (exact) mass is 262 g/mol. The highest BCUT2D eigenvalue weighted by Crippen LogP contribution is 2.09. The van der Waals surface area contributed by atoms with Crippen molar-refractivity contribution in [3.05, 3.63) is 29.8 Å². The van der Waals surface area contributed by atoms with Crippen molar-refractivity contribution in [2.45, 2.75) is 25.9 Å². The first-order valence-electron chi connectivity index (χ1n) is 6.49. The van der Waals surface area contributed by atoms with Gasteiger partial charge in [-0.1, -0.05) is 12.1 Å². The van der Waals surface area contributed by atoms with Crippen LogP contribution in [0.25, 0.3) is 0 Å². The highest BCUT2D eigenvalue weighted by Gasteiger charge is 2.25. The third kappa shape index (κ3) is 3.35. The minimum absolute atomic E-state index is 0.0146. The van der Waals surface area contributed by atoms with Gasteiger partial charge in [0.1, 0.15) is 0 Å². The molecule has 1 aliphatic rings. The zero-order chi connectivity index (χ0) is 14.0. The highest BCUT2D eigenvalue weighted by molar-refractivity contribution is 6.58. The van der Waals surface area contributed by atoms with Gasteiger partial charge in [-0.25, -0.2) is 0 Å². The topological polar surface area (TPSA) is 72.8 Å². The molecular formula is C13H19BN2O3. The Morgan fingerprint density at radius 3 is 2.21 bits per heavy atom. The fourth-order valence-corrected chi connectivity index (χ4v) is 2.47. The first kappa shape index (κ1) is 14.1. The molecule has 0 radical (unpaired) electrons. The van der Waals surface area contributed by atoms with E-state index in [-0.39, 0.29) is 18.0 Å². The molecule has 2 unspecified atom stereocenters. The fraction of sp³-hybridized carbons (Fsp3) is 0.462. The molecule has 0 bridgehead atoms. The Labute approximate surface area is 113 Å². The predicted octanol–water partition coefficient (Wildman–Crippen LogP) is -0.811. The van der Waals surface area contributed by atoms with E-state index in [1.807, 2.05) is 4.90 Å². The van der Waals surface area contributed by atoms with Crippen LogP contribution < -0.4 is 10.8 Å². The second-order valence-corrected chi connectivity index (χ2v) is 5.17. The number of amides is 1. The lowest BCUT2D eigenvalue weighted by molar-refractivity contribution is 0.0674. The van der Waals surface area contributed by atoms with Crippen molar-refractivity contribution in [3.63, 3.8) is 0 Å². The average Bonchev–Trinajstić information content (AvgIpc) is 2.37. The number of rotatable bonds is 2. The molecule has 1 aromatic carbocycles. The maximum absolute atomic E-state index is 12.3. The summed E-state index contributed by atoms with van der Waals surface area (Å²) in [5.41, 5.74) is 0.962. The maximum Gasteiger partial charge on any atom is 0.488 e. The van der Waals surface area contributed by atoms with Crippen LogP contribution in [0.15, 0.2) is 24.3 Å². The lowest BCUT2D eigenvalue weighted by Crippen LogP contribution is -2.55. The first-order chi connectivity index (χ1) is 8.97. The number of hydrogen-bond acceptors (Lipinski definition) is 4. The van der Waals surface area contributed by atoms with Gasteiger partial charge in [0.05, 0.1) is 0 Å². The van der Waals surface area contributed by atoms with Gasteiger partial charge in [0.2, 0.25) is 0 Å². The van der Waals surface area contributed by atoms with E-state index in [0.717, 1.165) is 0 Å². The van der Waals surface area contributed by atoms with E-state index in [0.29, 0.717) is 24.1 Å². The van der Waals surface area contributed by atoms with Gasteiger partial charge in [-0.2, -0.15) is 0 Å². The van der Waals surface area contributed by atoms with Crippen LogP contribution in [0.1, 0.15) is 24.2 Å². The van der Waals surface area contributed by atoms with Gasteiger partial charge in [0, 0.05) is 30.7 Å². The molecule has 0 saturated carbocycles. The van der Waals surface area contributed by atoms with Crippen LogP contribution in [0, 0.1) is 0 Å². The summed E-state index contributed by atoms with van der Waals surface area (Å²) in [6.07, 6.45) is 0. The molecule has 1 fully saturated rings. The molecule has 2 atom stereocenters. The Kier molecular flexibility index (Phi) is 4.24. The summed E-state index contributed by atoms with van der Waals surface area (Å²) in [5.74, 6) is -0.0146. The normalized spacial score (nSPS) is 23.3. The van der Waals surface area contributed by atoms with Gasteiger partial charge < -0.3 is 20.3 Å². The second kappa shape index (κ2) is 5.73. The molecule has 1 saturated heterocycles. The third-order valence-corrected chi connectivity index (χ3v) is 3.30. The fourth-order valence-electron chi connectivity index (χ4n) is 2.47. The molecule has 6 heteroatoms. The summed E-state index contributed by atoms with van der Waals surface area (Å²) in [6.45, 7) is 5.49. The first-order valence-corrected chi connectivity index (χ1v) is 6.49. The molecule has 1 heterocycles. The van der Waals surface area contributed by atoms with Crippen LogP contribution in [0.2, 0.25) is 0 Å². The SMILES string of the molecule is CC1CN(C(=O)c2ccc(B(O)O)cc2)CC(C)N1. The van der Waals surface area contributed by atoms with E-state index in [2.05, 4.69) is 19.2 Å². The lowest BCUT2D eigenvalue weighted by Gasteiger charge is -2.36. The Hall–Kier alpha value is -1.37. The molecule has 1 amide bonds. The Bertz CT molecular complexity index is 440. The van der Waals surface area contributed by atoms with E-state index in [9.17, 15) is 4.79 Å². The lowest BCUT2D eigenvalue weighted by atomic mass is 9.80. The van der Waals surface area contributed by atoms with Crippen molar-refractivity contribution in [3.8, 4) is 0 Å². The van der Waals surface area contributed by atoms with Crippen molar-refractivity contribution in [1.29, 1.82) is 0 Å². The minimum atomic E-state index is -1.50. The number of benzene rings is 1. The van der Waals surface area contributed by atoms with Crippen molar-refractivity contribution >= 4 is 18.5 Å². The molecule has 0 spiro atoms. The summed E-state index contributed by atoms with van der Waals surface area (Å²) in [5, 5.41) is 21.4. The zero-order valence-electron chi connectivity index (χ0n) is 11.2. The van der Waals surface area contributed by atoms with Gasteiger partial charge >= 0.3 is 7.12 Å². The summed E-state index contributed by atoms with van der Waals surface area (Å²) < 4.78 is 0. The average molecular weight is 262 g/mol. The van der Waals surface area contributed by atoms with Crippen LogP contribution >= 0.6 is 0 Å². The molecule has 1 aliphatic heterocycles. The number of carbonyl (C=O) groups excluding carboxylic acids is 1.